The number of anilines is 2. The predicted octanol–water partition coefficient (Wildman–Crippen LogP) is 3.51. The van der Waals surface area contributed by atoms with Crippen molar-refractivity contribution in [3.8, 4) is 11.3 Å². The zero-order valence-corrected chi connectivity index (χ0v) is 15.0. The molecule has 0 radical (unpaired) electrons. The van der Waals surface area contributed by atoms with Gasteiger partial charge in [0.2, 0.25) is 0 Å². The van der Waals surface area contributed by atoms with E-state index in [2.05, 4.69) is 25.3 Å². The van der Waals surface area contributed by atoms with Crippen LogP contribution >= 0.6 is 11.6 Å². The summed E-state index contributed by atoms with van der Waals surface area (Å²) in [6.07, 6.45) is 1.58. The number of carbonyl (C=O) groups is 1. The van der Waals surface area contributed by atoms with Crippen molar-refractivity contribution in [1.29, 1.82) is 0 Å². The third kappa shape index (κ3) is 3.23. The van der Waals surface area contributed by atoms with Crippen LogP contribution in [-0.2, 0) is 11.8 Å². The lowest BCUT2D eigenvalue weighted by Gasteiger charge is -2.12. The van der Waals surface area contributed by atoms with Crippen molar-refractivity contribution in [2.24, 2.45) is 7.05 Å². The van der Waals surface area contributed by atoms with Crippen molar-refractivity contribution < 1.29 is 13.9 Å². The average Bonchev–Trinajstić information content (AvgIpc) is 2.96. The fourth-order valence-corrected chi connectivity index (χ4v) is 2.71. The monoisotopic (exact) mass is 375 g/mol. The van der Waals surface area contributed by atoms with Crippen LogP contribution in [0, 0.1) is 12.7 Å². The van der Waals surface area contributed by atoms with Gasteiger partial charge in [-0.1, -0.05) is 22.9 Å². The Morgan fingerprint density at radius 3 is 2.77 bits per heavy atom. The number of aryl methyl sites for hydroxylation is 2. The molecule has 1 N–H and O–H groups in total. The molecule has 1 aromatic carbocycles. The minimum Gasteiger partial charge on any atom is -0.465 e. The molecule has 0 saturated heterocycles. The summed E-state index contributed by atoms with van der Waals surface area (Å²) in [6.45, 7) is 1.82. The van der Waals surface area contributed by atoms with Crippen LogP contribution < -0.4 is 5.32 Å². The summed E-state index contributed by atoms with van der Waals surface area (Å²) in [5.74, 6) is -1.50. The zero-order valence-electron chi connectivity index (χ0n) is 14.2. The number of methoxy groups -OCH3 is 1. The van der Waals surface area contributed by atoms with Crippen LogP contribution in [0.2, 0.25) is 5.15 Å². The first-order valence-corrected chi connectivity index (χ1v) is 7.96. The number of hydrogen-bond donors (Lipinski definition) is 1. The first kappa shape index (κ1) is 17.8. The molecular formula is C17H15ClFN5O2. The molecule has 9 heteroatoms. The molecule has 0 fully saturated rings. The van der Waals surface area contributed by atoms with Crippen LogP contribution in [0.5, 0.6) is 0 Å². The van der Waals surface area contributed by atoms with Gasteiger partial charge in [-0.15, -0.1) is 5.10 Å². The number of benzene rings is 1. The molecule has 2 aromatic heterocycles. The van der Waals surface area contributed by atoms with Gasteiger partial charge in [-0.2, -0.15) is 0 Å². The molecule has 0 bridgehead atoms. The first-order chi connectivity index (χ1) is 12.4. The fraction of sp³-hybridized carbons (Fsp3) is 0.176. The molecule has 0 aliphatic rings. The Labute approximate surface area is 153 Å². The van der Waals surface area contributed by atoms with Crippen molar-refractivity contribution in [3.05, 3.63) is 52.7 Å². The second kappa shape index (κ2) is 7.09. The van der Waals surface area contributed by atoms with E-state index in [1.165, 1.54) is 25.3 Å². The maximum Gasteiger partial charge on any atom is 0.340 e. The molecule has 3 rings (SSSR count). The molecule has 0 atom stereocenters. The maximum absolute atomic E-state index is 14.6. The van der Waals surface area contributed by atoms with Gasteiger partial charge >= 0.3 is 5.97 Å². The summed E-state index contributed by atoms with van der Waals surface area (Å²) in [7, 11) is 2.95. The number of aromatic nitrogens is 4. The van der Waals surface area contributed by atoms with Gasteiger partial charge in [0.25, 0.3) is 0 Å². The minimum absolute atomic E-state index is 0.0774. The molecule has 0 aliphatic carbocycles. The number of carbonyl (C=O) groups excluding carboxylic acids is 1. The summed E-state index contributed by atoms with van der Waals surface area (Å²) in [5.41, 5.74) is 2.48. The second-order valence-corrected chi connectivity index (χ2v) is 5.85. The molecule has 2 heterocycles. The van der Waals surface area contributed by atoms with Crippen LogP contribution in [0.1, 0.15) is 16.1 Å². The highest BCUT2D eigenvalue weighted by atomic mass is 35.5. The molecule has 0 unspecified atom stereocenters. The standard InChI is InChI=1S/C17H15ClFN5O2/c1-9-15(24(2)23-22-9)10-7-13(16(18)20-8-10)21-12-6-4-5-11(14(12)19)17(25)26-3/h4-8,21H,1-3H3. The number of nitrogens with zero attached hydrogens (tertiary/aromatic N) is 4. The van der Waals surface area contributed by atoms with Crippen LogP contribution in [-0.4, -0.2) is 33.1 Å². The Morgan fingerprint density at radius 2 is 2.12 bits per heavy atom. The first-order valence-electron chi connectivity index (χ1n) is 7.58. The van der Waals surface area contributed by atoms with E-state index in [1.54, 1.807) is 24.0 Å². The van der Waals surface area contributed by atoms with E-state index in [0.717, 1.165) is 11.4 Å². The average molecular weight is 376 g/mol. The number of hydrogen-bond acceptors (Lipinski definition) is 6. The summed E-state index contributed by atoms with van der Waals surface area (Å²) in [5, 5.41) is 11.0. The molecular weight excluding hydrogens is 361 g/mol. The van der Waals surface area contributed by atoms with Crippen molar-refractivity contribution >= 4 is 28.9 Å². The topological polar surface area (TPSA) is 81.9 Å². The van der Waals surface area contributed by atoms with Gasteiger partial charge in [0.05, 0.1) is 35.4 Å². The number of pyridine rings is 1. The third-order valence-electron chi connectivity index (χ3n) is 3.78. The highest BCUT2D eigenvalue weighted by Gasteiger charge is 2.17. The van der Waals surface area contributed by atoms with E-state index >= 15 is 0 Å². The third-order valence-corrected chi connectivity index (χ3v) is 4.08. The number of nitrogens with one attached hydrogen (secondary N) is 1. The smallest absolute Gasteiger partial charge is 0.340 e. The minimum atomic E-state index is -0.763. The zero-order chi connectivity index (χ0) is 18.8. The van der Waals surface area contributed by atoms with Crippen LogP contribution in [0.15, 0.2) is 30.5 Å². The highest BCUT2D eigenvalue weighted by molar-refractivity contribution is 6.32. The molecule has 0 aliphatic heterocycles. The Hall–Kier alpha value is -3.00. The molecule has 26 heavy (non-hydrogen) atoms. The molecule has 0 amide bonds. The SMILES string of the molecule is COC(=O)c1cccc(Nc2cc(-c3c(C)nnn3C)cnc2Cl)c1F. The quantitative estimate of drug-likeness (QED) is 0.555. The van der Waals surface area contributed by atoms with Gasteiger partial charge in [-0.05, 0) is 25.1 Å². The van der Waals surface area contributed by atoms with Gasteiger partial charge in [0.15, 0.2) is 11.0 Å². The van der Waals surface area contributed by atoms with Gasteiger partial charge in [-0.25, -0.2) is 18.9 Å². The van der Waals surface area contributed by atoms with E-state index in [0.29, 0.717) is 11.3 Å². The molecule has 0 saturated carbocycles. The number of esters is 1. The van der Waals surface area contributed by atoms with E-state index in [9.17, 15) is 9.18 Å². The largest absolute Gasteiger partial charge is 0.465 e. The van der Waals surface area contributed by atoms with Gasteiger partial charge in [0, 0.05) is 18.8 Å². The lowest BCUT2D eigenvalue weighted by Crippen LogP contribution is -2.07. The molecule has 0 spiro atoms. The highest BCUT2D eigenvalue weighted by Crippen LogP contribution is 2.31. The maximum atomic E-state index is 14.6. The Morgan fingerprint density at radius 1 is 1.35 bits per heavy atom. The fourth-order valence-electron chi connectivity index (χ4n) is 2.56. The van der Waals surface area contributed by atoms with Crippen molar-refractivity contribution in [2.45, 2.75) is 6.92 Å². The lowest BCUT2D eigenvalue weighted by molar-refractivity contribution is 0.0595. The second-order valence-electron chi connectivity index (χ2n) is 5.49. The van der Waals surface area contributed by atoms with Crippen LogP contribution in [0.4, 0.5) is 15.8 Å². The Kier molecular flexibility index (Phi) is 4.85. The van der Waals surface area contributed by atoms with Gasteiger partial charge in [-0.3, -0.25) is 0 Å². The number of halogens is 2. The molecule has 134 valence electrons. The lowest BCUT2D eigenvalue weighted by atomic mass is 10.1. The summed E-state index contributed by atoms with van der Waals surface area (Å²) >= 11 is 6.14. The van der Waals surface area contributed by atoms with E-state index < -0.39 is 11.8 Å². The van der Waals surface area contributed by atoms with Crippen LogP contribution in [0.3, 0.4) is 0 Å². The summed E-state index contributed by atoms with van der Waals surface area (Å²) in [6, 6.07) is 6.08. The Bertz CT molecular complexity index is 970. The van der Waals surface area contributed by atoms with E-state index in [4.69, 9.17) is 11.6 Å². The summed E-state index contributed by atoms with van der Waals surface area (Å²) < 4.78 is 20.8. The van der Waals surface area contributed by atoms with Crippen molar-refractivity contribution in [2.75, 3.05) is 12.4 Å². The molecule has 3 aromatic rings. The van der Waals surface area contributed by atoms with Gasteiger partial charge in [0.1, 0.15) is 0 Å². The van der Waals surface area contributed by atoms with E-state index in [1.807, 2.05) is 6.92 Å². The van der Waals surface area contributed by atoms with Crippen molar-refractivity contribution in [1.82, 2.24) is 20.0 Å². The van der Waals surface area contributed by atoms with Crippen molar-refractivity contribution in [3.63, 3.8) is 0 Å². The van der Waals surface area contributed by atoms with Gasteiger partial charge < -0.3 is 10.1 Å². The number of ether oxygens (including phenoxy) is 1. The molecule has 7 nitrogen and oxygen atoms in total. The van der Waals surface area contributed by atoms with Crippen LogP contribution in [0.25, 0.3) is 11.3 Å². The predicted molar refractivity (Wildman–Crippen MR) is 95.0 cm³/mol. The Balaban J connectivity index is 2.01. The van der Waals surface area contributed by atoms with E-state index in [-0.39, 0.29) is 16.4 Å². The summed E-state index contributed by atoms with van der Waals surface area (Å²) in [4.78, 5) is 15.8. The number of rotatable bonds is 4. The normalized spacial score (nSPS) is 10.7.